The lowest BCUT2D eigenvalue weighted by atomic mass is 9.99. The number of alkyl halides is 3. The van der Waals surface area contributed by atoms with Crippen LogP contribution in [0.5, 0.6) is 0 Å². The zero-order valence-corrected chi connectivity index (χ0v) is 21.6. The molecule has 3 N–H and O–H groups in total. The quantitative estimate of drug-likeness (QED) is 0.433. The maximum atomic E-state index is 13.6. The van der Waals surface area contributed by atoms with E-state index in [1.54, 1.807) is 6.07 Å². The summed E-state index contributed by atoms with van der Waals surface area (Å²) in [5, 5.41) is 16.5. The highest BCUT2D eigenvalue weighted by molar-refractivity contribution is 7.92. The van der Waals surface area contributed by atoms with Crippen molar-refractivity contribution in [3.05, 3.63) is 53.8 Å². The second-order valence-electron chi connectivity index (χ2n) is 9.22. The number of likely N-dealkylation sites (tertiary alicyclic amines) is 1. The second-order valence-corrected chi connectivity index (χ2v) is 10.9. The molecule has 0 atom stereocenters. The number of hydrogen-bond acceptors (Lipinski definition) is 6. The number of benzene rings is 2. The molecular formula is C25H29F4N3O6S. The van der Waals surface area contributed by atoms with E-state index in [0.717, 1.165) is 45.1 Å². The summed E-state index contributed by atoms with van der Waals surface area (Å²) in [5.74, 6) is -4.56. The van der Waals surface area contributed by atoms with Gasteiger partial charge < -0.3 is 20.0 Å². The molecule has 2 aliphatic heterocycles. The first-order valence-electron chi connectivity index (χ1n) is 12.2. The average Bonchev–Trinajstić information content (AvgIpc) is 2.89. The fraction of sp³-hybridized carbons (Fsp3) is 0.440. The molecule has 0 spiro atoms. The van der Waals surface area contributed by atoms with Gasteiger partial charge >= 0.3 is 18.1 Å². The normalized spacial score (nSPS) is 17.2. The molecule has 0 aromatic heterocycles. The summed E-state index contributed by atoms with van der Waals surface area (Å²) in [5.41, 5.74) is 0.798. The van der Waals surface area contributed by atoms with Crippen LogP contribution >= 0.6 is 0 Å². The number of aliphatic carboxylic acids is 1. The van der Waals surface area contributed by atoms with E-state index in [4.69, 9.17) is 9.90 Å². The molecule has 0 bridgehead atoms. The van der Waals surface area contributed by atoms with E-state index in [-0.39, 0.29) is 16.1 Å². The van der Waals surface area contributed by atoms with Crippen LogP contribution in [0.3, 0.4) is 0 Å². The van der Waals surface area contributed by atoms with Crippen LogP contribution in [0.4, 0.5) is 28.9 Å². The van der Waals surface area contributed by atoms with Crippen LogP contribution in [0.25, 0.3) is 0 Å². The number of aromatic carboxylic acids is 1. The number of piperidine rings is 2. The van der Waals surface area contributed by atoms with Gasteiger partial charge in [-0.3, -0.25) is 4.72 Å². The Balaban J connectivity index is 0.000000532. The Hall–Kier alpha value is -3.39. The van der Waals surface area contributed by atoms with Crippen molar-refractivity contribution >= 4 is 33.3 Å². The molecule has 2 fully saturated rings. The zero-order valence-electron chi connectivity index (χ0n) is 20.8. The molecule has 2 aromatic rings. The van der Waals surface area contributed by atoms with E-state index >= 15 is 0 Å². The third-order valence-corrected chi connectivity index (χ3v) is 7.91. The Bertz CT molecular complexity index is 1270. The third kappa shape index (κ3) is 8.30. The fourth-order valence-electron chi connectivity index (χ4n) is 4.62. The largest absolute Gasteiger partial charge is 0.490 e. The number of carboxylic acids is 2. The lowest BCUT2D eigenvalue weighted by Gasteiger charge is -2.41. The molecule has 2 aromatic carbocycles. The minimum atomic E-state index is -5.08. The molecule has 0 aliphatic carbocycles. The minimum Gasteiger partial charge on any atom is -0.478 e. The van der Waals surface area contributed by atoms with Crippen LogP contribution in [-0.2, 0) is 14.8 Å². The van der Waals surface area contributed by atoms with Crippen LogP contribution in [0.2, 0.25) is 0 Å². The summed E-state index contributed by atoms with van der Waals surface area (Å²) >= 11 is 0. The topological polar surface area (TPSA) is 127 Å². The second kappa shape index (κ2) is 12.6. The van der Waals surface area contributed by atoms with Crippen LogP contribution < -0.4 is 9.62 Å². The summed E-state index contributed by atoms with van der Waals surface area (Å²) in [6, 6.07) is 9.71. The van der Waals surface area contributed by atoms with E-state index in [2.05, 4.69) is 14.5 Å². The smallest absolute Gasteiger partial charge is 0.478 e. The van der Waals surface area contributed by atoms with Gasteiger partial charge in [-0.25, -0.2) is 22.4 Å². The lowest BCUT2D eigenvalue weighted by molar-refractivity contribution is -0.192. The van der Waals surface area contributed by atoms with E-state index < -0.39 is 34.0 Å². The lowest BCUT2D eigenvalue weighted by Crippen LogP contribution is -2.46. The molecule has 4 rings (SSSR count). The van der Waals surface area contributed by atoms with E-state index in [0.29, 0.717) is 11.7 Å². The summed E-state index contributed by atoms with van der Waals surface area (Å²) < 4.78 is 73.6. The van der Waals surface area contributed by atoms with E-state index in [1.165, 1.54) is 49.6 Å². The molecule has 2 aliphatic rings. The van der Waals surface area contributed by atoms with E-state index in [9.17, 15) is 35.9 Å². The van der Waals surface area contributed by atoms with Gasteiger partial charge in [0.2, 0.25) is 0 Å². The predicted octanol–water partition coefficient (Wildman–Crippen LogP) is 4.41. The summed E-state index contributed by atoms with van der Waals surface area (Å²) in [7, 11) is -4.09. The van der Waals surface area contributed by atoms with Crippen molar-refractivity contribution < 1.29 is 45.8 Å². The summed E-state index contributed by atoms with van der Waals surface area (Å²) in [6.45, 7) is 3.78. The molecule has 214 valence electrons. The first kappa shape index (κ1) is 30.2. The van der Waals surface area contributed by atoms with Gasteiger partial charge in [0.25, 0.3) is 10.0 Å². The number of nitrogens with one attached hydrogen (secondary N) is 1. The molecule has 9 nitrogen and oxygen atoms in total. The Labute approximate surface area is 223 Å². The zero-order chi connectivity index (χ0) is 28.8. The first-order chi connectivity index (χ1) is 18.3. The van der Waals surface area contributed by atoms with Crippen LogP contribution in [-0.4, -0.2) is 73.9 Å². The maximum Gasteiger partial charge on any atom is 0.490 e. The number of rotatable bonds is 6. The number of nitrogens with zero attached hydrogens (tertiary/aromatic N) is 2. The Kier molecular flexibility index (Phi) is 9.78. The summed E-state index contributed by atoms with van der Waals surface area (Å²) in [6.07, 6.45) is 0.624. The van der Waals surface area contributed by atoms with Gasteiger partial charge in [0, 0.05) is 19.1 Å². The van der Waals surface area contributed by atoms with Gasteiger partial charge in [-0.2, -0.15) is 13.2 Å². The first-order valence-corrected chi connectivity index (χ1v) is 13.7. The van der Waals surface area contributed by atoms with Gasteiger partial charge in [-0.1, -0.05) is 12.5 Å². The number of anilines is 2. The number of carbonyl (C=O) groups is 2. The molecular weight excluding hydrogens is 546 g/mol. The monoisotopic (exact) mass is 575 g/mol. The molecule has 0 saturated carbocycles. The molecule has 2 saturated heterocycles. The maximum absolute atomic E-state index is 13.6. The van der Waals surface area contributed by atoms with Crippen LogP contribution in [0.15, 0.2) is 47.4 Å². The Morgan fingerprint density at radius 2 is 1.54 bits per heavy atom. The highest BCUT2D eigenvalue weighted by Crippen LogP contribution is 2.33. The minimum absolute atomic E-state index is 0.0195. The summed E-state index contributed by atoms with van der Waals surface area (Å²) in [4.78, 5) is 24.8. The van der Waals surface area contributed by atoms with Gasteiger partial charge in [0.1, 0.15) is 5.82 Å². The van der Waals surface area contributed by atoms with Gasteiger partial charge in [0.05, 0.1) is 21.8 Å². The van der Waals surface area contributed by atoms with Crippen molar-refractivity contribution in [2.24, 2.45) is 0 Å². The fourth-order valence-corrected chi connectivity index (χ4v) is 5.72. The van der Waals surface area contributed by atoms with Crippen LogP contribution in [0.1, 0.15) is 42.5 Å². The van der Waals surface area contributed by atoms with Gasteiger partial charge in [-0.15, -0.1) is 0 Å². The highest BCUT2D eigenvalue weighted by Gasteiger charge is 2.38. The number of carboxylic acid groups (broad SMARTS) is 2. The Morgan fingerprint density at radius 1 is 0.923 bits per heavy atom. The predicted molar refractivity (Wildman–Crippen MR) is 135 cm³/mol. The molecule has 39 heavy (non-hydrogen) atoms. The van der Waals surface area contributed by atoms with Gasteiger partial charge in [-0.05, 0) is 75.2 Å². The molecule has 0 radical (unpaired) electrons. The molecule has 14 heteroatoms. The van der Waals surface area contributed by atoms with Crippen molar-refractivity contribution in [2.45, 2.75) is 49.2 Å². The molecule has 2 heterocycles. The van der Waals surface area contributed by atoms with Crippen molar-refractivity contribution in [1.82, 2.24) is 4.90 Å². The molecule has 0 amide bonds. The van der Waals surface area contributed by atoms with Crippen molar-refractivity contribution in [1.29, 1.82) is 0 Å². The standard InChI is InChI=1S/C23H28FN3O4S.C2HF3O2/c24-18-5-4-6-20(16-18)32(30,31)25-21-15-17(23(28)29)7-8-22(21)27-13-9-19(10-14-27)26-11-2-1-3-12-26;3-2(4,5)1(6)7/h4-8,15-16,19,25H,1-3,9-14H2,(H,28,29);(H,6,7). The molecule has 0 unspecified atom stereocenters. The highest BCUT2D eigenvalue weighted by atomic mass is 32.2. The number of sulfonamides is 1. The van der Waals surface area contributed by atoms with Gasteiger partial charge in [0.15, 0.2) is 0 Å². The number of halogens is 4. The Morgan fingerprint density at radius 3 is 2.08 bits per heavy atom. The van der Waals surface area contributed by atoms with Crippen molar-refractivity contribution in [3.8, 4) is 0 Å². The average molecular weight is 576 g/mol. The number of hydrogen-bond donors (Lipinski definition) is 3. The SMILES string of the molecule is O=C(O)C(F)(F)F.O=C(O)c1ccc(N2CCC(N3CCCCC3)CC2)c(NS(=O)(=O)c2cccc(F)c2)c1. The van der Waals surface area contributed by atoms with Crippen molar-refractivity contribution in [3.63, 3.8) is 0 Å². The van der Waals surface area contributed by atoms with Crippen molar-refractivity contribution in [2.75, 3.05) is 35.8 Å². The third-order valence-electron chi connectivity index (χ3n) is 6.55. The van der Waals surface area contributed by atoms with Crippen LogP contribution in [0, 0.1) is 5.82 Å². The van der Waals surface area contributed by atoms with E-state index in [1.807, 2.05) is 0 Å².